The van der Waals surface area contributed by atoms with Crippen molar-refractivity contribution in [2.45, 2.75) is 25.7 Å². The second kappa shape index (κ2) is 6.67. The highest BCUT2D eigenvalue weighted by Gasteiger charge is 2.48. The van der Waals surface area contributed by atoms with Gasteiger partial charge in [0.15, 0.2) is 0 Å². The van der Waals surface area contributed by atoms with Crippen LogP contribution in [-0.2, 0) is 10.2 Å². The summed E-state index contributed by atoms with van der Waals surface area (Å²) in [7, 11) is 0. The molecular formula is C21H25NO. The van der Waals surface area contributed by atoms with Crippen LogP contribution in [0.25, 0.3) is 0 Å². The molecule has 1 aliphatic heterocycles. The third kappa shape index (κ3) is 2.72. The quantitative estimate of drug-likeness (QED) is 0.835. The molecular weight excluding hydrogens is 282 g/mol. The first-order valence-electron chi connectivity index (χ1n) is 8.54. The van der Waals surface area contributed by atoms with E-state index in [1.807, 2.05) is 36.4 Å². The standard InChI is InChI=1S/C21H25NO/c1-3-22-15-14-20(16-22)21(17(2)23,18-10-6-4-7-11-18)19-12-8-5-9-13-19/h4-13,20H,3,14-16H2,1-2H3. The second-order valence-corrected chi connectivity index (χ2v) is 6.48. The Labute approximate surface area is 139 Å². The number of nitrogens with zero attached hydrogens (tertiary/aromatic N) is 1. The Bertz CT molecular complexity index is 611. The van der Waals surface area contributed by atoms with E-state index in [0.717, 1.165) is 37.2 Å². The number of rotatable bonds is 5. The normalized spacial score (nSPS) is 19.0. The summed E-state index contributed by atoms with van der Waals surface area (Å²) in [5.74, 6) is 0.572. The Hall–Kier alpha value is -1.93. The van der Waals surface area contributed by atoms with E-state index in [1.54, 1.807) is 6.92 Å². The van der Waals surface area contributed by atoms with Gasteiger partial charge in [-0.3, -0.25) is 4.79 Å². The molecule has 0 aromatic heterocycles. The average molecular weight is 307 g/mol. The number of hydrogen-bond donors (Lipinski definition) is 0. The highest BCUT2D eigenvalue weighted by molar-refractivity contribution is 5.92. The van der Waals surface area contributed by atoms with Gasteiger partial charge in [0.25, 0.3) is 0 Å². The van der Waals surface area contributed by atoms with Crippen LogP contribution in [0.2, 0.25) is 0 Å². The van der Waals surface area contributed by atoms with E-state index in [-0.39, 0.29) is 5.78 Å². The molecule has 0 radical (unpaired) electrons. The van der Waals surface area contributed by atoms with Gasteiger partial charge in [-0.15, -0.1) is 0 Å². The third-order valence-electron chi connectivity index (χ3n) is 5.35. The van der Waals surface area contributed by atoms with Gasteiger partial charge < -0.3 is 4.90 Å². The summed E-state index contributed by atoms with van der Waals surface area (Å²) < 4.78 is 0. The van der Waals surface area contributed by atoms with E-state index in [0.29, 0.717) is 5.92 Å². The van der Waals surface area contributed by atoms with Gasteiger partial charge in [-0.1, -0.05) is 67.6 Å². The highest BCUT2D eigenvalue weighted by atomic mass is 16.1. The van der Waals surface area contributed by atoms with Crippen LogP contribution >= 0.6 is 0 Å². The van der Waals surface area contributed by atoms with E-state index in [9.17, 15) is 4.79 Å². The fourth-order valence-corrected chi connectivity index (χ4v) is 4.21. The molecule has 1 fully saturated rings. The number of carbonyl (C=O) groups excluding carboxylic acids is 1. The maximum absolute atomic E-state index is 13.0. The van der Waals surface area contributed by atoms with Crippen molar-refractivity contribution in [1.29, 1.82) is 0 Å². The summed E-state index contributed by atoms with van der Waals surface area (Å²) >= 11 is 0. The fourth-order valence-electron chi connectivity index (χ4n) is 4.21. The van der Waals surface area contributed by atoms with E-state index in [1.165, 1.54) is 0 Å². The lowest BCUT2D eigenvalue weighted by Gasteiger charge is -2.38. The first kappa shape index (κ1) is 15.9. The summed E-state index contributed by atoms with van der Waals surface area (Å²) in [4.78, 5) is 15.5. The van der Waals surface area contributed by atoms with Gasteiger partial charge in [0.05, 0.1) is 5.41 Å². The highest BCUT2D eigenvalue weighted by Crippen LogP contribution is 2.44. The van der Waals surface area contributed by atoms with Crippen LogP contribution in [0.3, 0.4) is 0 Å². The average Bonchev–Trinajstić information content (AvgIpc) is 3.06. The van der Waals surface area contributed by atoms with Crippen molar-refractivity contribution in [3.8, 4) is 0 Å². The molecule has 1 atom stereocenters. The van der Waals surface area contributed by atoms with E-state index in [2.05, 4.69) is 36.1 Å². The van der Waals surface area contributed by atoms with Crippen molar-refractivity contribution in [3.63, 3.8) is 0 Å². The Kier molecular flexibility index (Phi) is 4.63. The second-order valence-electron chi connectivity index (χ2n) is 6.48. The van der Waals surface area contributed by atoms with E-state index in [4.69, 9.17) is 0 Å². The van der Waals surface area contributed by atoms with E-state index >= 15 is 0 Å². The predicted octanol–water partition coefficient (Wildman–Crippen LogP) is 3.90. The minimum atomic E-state index is -0.535. The SMILES string of the molecule is CCN1CCC(C(C(C)=O)(c2ccccc2)c2ccccc2)C1. The zero-order chi connectivity index (χ0) is 16.3. The molecule has 120 valence electrons. The molecule has 0 bridgehead atoms. The van der Waals surface area contributed by atoms with Crippen LogP contribution < -0.4 is 0 Å². The maximum Gasteiger partial charge on any atom is 0.145 e. The van der Waals surface area contributed by atoms with Gasteiger partial charge in [-0.25, -0.2) is 0 Å². The van der Waals surface area contributed by atoms with Crippen molar-refractivity contribution < 1.29 is 4.79 Å². The Morgan fingerprint density at radius 3 is 1.96 bits per heavy atom. The van der Waals surface area contributed by atoms with Crippen molar-refractivity contribution in [2.24, 2.45) is 5.92 Å². The molecule has 0 amide bonds. The monoisotopic (exact) mass is 307 g/mol. The molecule has 0 aliphatic carbocycles. The summed E-state index contributed by atoms with van der Waals surface area (Å²) in [6.45, 7) is 7.07. The molecule has 1 unspecified atom stereocenters. The minimum absolute atomic E-state index is 0.248. The molecule has 2 aromatic carbocycles. The lowest BCUT2D eigenvalue weighted by Crippen LogP contribution is -2.44. The number of ketones is 1. The number of carbonyl (C=O) groups is 1. The number of benzene rings is 2. The lowest BCUT2D eigenvalue weighted by molar-refractivity contribution is -0.122. The Morgan fingerprint density at radius 2 is 1.57 bits per heavy atom. The molecule has 2 heteroatoms. The largest absolute Gasteiger partial charge is 0.303 e. The zero-order valence-electron chi connectivity index (χ0n) is 14.0. The summed E-state index contributed by atoms with van der Waals surface area (Å²) in [6.07, 6.45) is 1.07. The van der Waals surface area contributed by atoms with Crippen molar-refractivity contribution >= 4 is 5.78 Å². The number of Topliss-reactive ketones (excluding diaryl/α,β-unsaturated/α-hetero) is 1. The van der Waals surface area contributed by atoms with Gasteiger partial charge in [-0.05, 0) is 43.5 Å². The van der Waals surface area contributed by atoms with E-state index < -0.39 is 5.41 Å². The van der Waals surface area contributed by atoms with Crippen LogP contribution in [0, 0.1) is 5.92 Å². The Morgan fingerprint density at radius 1 is 1.04 bits per heavy atom. The third-order valence-corrected chi connectivity index (χ3v) is 5.35. The van der Waals surface area contributed by atoms with Crippen LogP contribution in [0.1, 0.15) is 31.4 Å². The van der Waals surface area contributed by atoms with Crippen LogP contribution in [-0.4, -0.2) is 30.3 Å². The van der Waals surface area contributed by atoms with Crippen LogP contribution in [0.15, 0.2) is 60.7 Å². The van der Waals surface area contributed by atoms with Gasteiger partial charge in [0, 0.05) is 6.54 Å². The van der Waals surface area contributed by atoms with Crippen molar-refractivity contribution in [2.75, 3.05) is 19.6 Å². The maximum atomic E-state index is 13.0. The Balaban J connectivity index is 2.18. The van der Waals surface area contributed by atoms with Gasteiger partial charge >= 0.3 is 0 Å². The minimum Gasteiger partial charge on any atom is -0.303 e. The summed E-state index contributed by atoms with van der Waals surface area (Å²) in [6, 6.07) is 20.7. The molecule has 1 aliphatic rings. The molecule has 2 aromatic rings. The molecule has 23 heavy (non-hydrogen) atoms. The lowest BCUT2D eigenvalue weighted by atomic mass is 9.63. The summed E-state index contributed by atoms with van der Waals surface area (Å²) in [5, 5.41) is 0. The first-order valence-corrected chi connectivity index (χ1v) is 8.54. The number of likely N-dealkylation sites (tertiary alicyclic amines) is 1. The fraction of sp³-hybridized carbons (Fsp3) is 0.381. The van der Waals surface area contributed by atoms with Gasteiger partial charge in [-0.2, -0.15) is 0 Å². The molecule has 0 N–H and O–H groups in total. The van der Waals surface area contributed by atoms with Crippen molar-refractivity contribution in [1.82, 2.24) is 4.90 Å². The smallest absolute Gasteiger partial charge is 0.145 e. The zero-order valence-corrected chi connectivity index (χ0v) is 14.0. The van der Waals surface area contributed by atoms with Gasteiger partial charge in [0.2, 0.25) is 0 Å². The topological polar surface area (TPSA) is 20.3 Å². The van der Waals surface area contributed by atoms with Gasteiger partial charge in [0.1, 0.15) is 5.78 Å². The summed E-state index contributed by atoms with van der Waals surface area (Å²) in [5.41, 5.74) is 1.72. The molecule has 0 spiro atoms. The molecule has 1 saturated heterocycles. The molecule has 3 rings (SSSR count). The number of hydrogen-bond acceptors (Lipinski definition) is 2. The first-order chi connectivity index (χ1) is 11.2. The van der Waals surface area contributed by atoms with Crippen LogP contribution in [0.4, 0.5) is 0 Å². The van der Waals surface area contributed by atoms with Crippen molar-refractivity contribution in [3.05, 3.63) is 71.8 Å². The van der Waals surface area contributed by atoms with Crippen LogP contribution in [0.5, 0.6) is 0 Å². The molecule has 2 nitrogen and oxygen atoms in total. The molecule has 0 saturated carbocycles. The molecule has 1 heterocycles. The predicted molar refractivity (Wildman–Crippen MR) is 94.6 cm³/mol.